The fraction of sp³-hybridized carbons (Fsp3) is 0.355. The van der Waals surface area contributed by atoms with Crippen molar-refractivity contribution in [1.82, 2.24) is 10.2 Å². The molecule has 0 fully saturated rings. The van der Waals surface area contributed by atoms with E-state index in [1.807, 2.05) is 34.6 Å². The summed E-state index contributed by atoms with van der Waals surface area (Å²) in [5, 5.41) is 3.39. The van der Waals surface area contributed by atoms with Crippen LogP contribution in [0.4, 0.5) is 5.69 Å². The van der Waals surface area contributed by atoms with Crippen molar-refractivity contribution in [2.75, 3.05) is 17.5 Å². The molecule has 3 rings (SSSR count). The Morgan fingerprint density at radius 2 is 1.54 bits per heavy atom. The first-order valence-corrected chi connectivity index (χ1v) is 15.3. The molecule has 3 aromatic rings. The van der Waals surface area contributed by atoms with Crippen LogP contribution in [-0.2, 0) is 26.2 Å². The standard InChI is InChI=1S/C31H38ClN3O5S/c1-6-28(30(37)33-31(3,4)5)34(21-23-13-11-12-16-27(23)32)29(36)22-35(24-17-19-25(20-18-24)40-7-2)41(38,39)26-14-9-8-10-15-26/h8-20,28H,6-7,21-22H2,1-5H3,(H,33,37)/t28-/m0/s1. The quantitative estimate of drug-likeness (QED) is 0.290. The van der Waals surface area contributed by atoms with Gasteiger partial charge >= 0.3 is 0 Å². The lowest BCUT2D eigenvalue weighted by atomic mass is 10.1. The van der Waals surface area contributed by atoms with E-state index in [0.717, 1.165) is 4.31 Å². The number of carbonyl (C=O) groups is 2. The summed E-state index contributed by atoms with van der Waals surface area (Å²) in [5.41, 5.74) is 0.396. The molecule has 220 valence electrons. The summed E-state index contributed by atoms with van der Waals surface area (Å²) in [7, 11) is -4.15. The van der Waals surface area contributed by atoms with E-state index in [-0.39, 0.29) is 23.0 Å². The highest BCUT2D eigenvalue weighted by atomic mass is 35.5. The summed E-state index contributed by atoms with van der Waals surface area (Å²) in [5.74, 6) is -0.307. The highest BCUT2D eigenvalue weighted by molar-refractivity contribution is 7.92. The fourth-order valence-corrected chi connectivity index (χ4v) is 5.94. The largest absolute Gasteiger partial charge is 0.494 e. The van der Waals surface area contributed by atoms with Gasteiger partial charge in [0, 0.05) is 17.1 Å². The van der Waals surface area contributed by atoms with Crippen molar-refractivity contribution < 1.29 is 22.7 Å². The van der Waals surface area contributed by atoms with E-state index in [2.05, 4.69) is 5.32 Å². The van der Waals surface area contributed by atoms with Crippen LogP contribution in [0.25, 0.3) is 0 Å². The molecule has 0 saturated carbocycles. The molecule has 0 aliphatic carbocycles. The van der Waals surface area contributed by atoms with E-state index < -0.39 is 34.1 Å². The molecule has 10 heteroatoms. The predicted octanol–water partition coefficient (Wildman–Crippen LogP) is 5.66. The zero-order valence-corrected chi connectivity index (χ0v) is 25.7. The number of amides is 2. The van der Waals surface area contributed by atoms with Crippen LogP contribution in [0, 0.1) is 0 Å². The van der Waals surface area contributed by atoms with Gasteiger partial charge < -0.3 is 15.0 Å². The van der Waals surface area contributed by atoms with Crippen LogP contribution >= 0.6 is 11.6 Å². The molecule has 0 saturated heterocycles. The van der Waals surface area contributed by atoms with E-state index >= 15 is 0 Å². The van der Waals surface area contributed by atoms with Crippen molar-refractivity contribution in [2.24, 2.45) is 0 Å². The molecule has 0 bridgehead atoms. The number of sulfonamides is 1. The maximum atomic E-state index is 14.1. The van der Waals surface area contributed by atoms with Crippen LogP contribution < -0.4 is 14.4 Å². The number of hydrogen-bond acceptors (Lipinski definition) is 5. The molecule has 0 aliphatic heterocycles. The lowest BCUT2D eigenvalue weighted by Gasteiger charge is -2.35. The van der Waals surface area contributed by atoms with E-state index in [9.17, 15) is 18.0 Å². The van der Waals surface area contributed by atoms with Gasteiger partial charge in [0.1, 0.15) is 18.3 Å². The van der Waals surface area contributed by atoms with Gasteiger partial charge in [-0.1, -0.05) is 54.9 Å². The molecule has 0 heterocycles. The maximum absolute atomic E-state index is 14.1. The van der Waals surface area contributed by atoms with Gasteiger partial charge in [-0.15, -0.1) is 0 Å². The number of ether oxygens (including phenoxy) is 1. The number of carbonyl (C=O) groups excluding carboxylic acids is 2. The second kappa shape index (κ2) is 13.9. The van der Waals surface area contributed by atoms with Gasteiger partial charge in [0.05, 0.1) is 17.2 Å². The zero-order chi connectivity index (χ0) is 30.2. The Kier molecular flexibility index (Phi) is 10.8. The number of nitrogens with one attached hydrogen (secondary N) is 1. The molecule has 41 heavy (non-hydrogen) atoms. The minimum atomic E-state index is -4.15. The van der Waals surface area contributed by atoms with Crippen LogP contribution in [-0.4, -0.2) is 49.9 Å². The summed E-state index contributed by atoms with van der Waals surface area (Å²) in [6, 6.07) is 20.6. The summed E-state index contributed by atoms with van der Waals surface area (Å²) < 4.78 is 34.4. The van der Waals surface area contributed by atoms with Gasteiger partial charge in [0.15, 0.2) is 0 Å². The normalized spacial score (nSPS) is 12.3. The molecule has 1 atom stereocenters. The number of hydrogen-bond donors (Lipinski definition) is 1. The molecule has 1 N–H and O–H groups in total. The second-order valence-corrected chi connectivity index (χ2v) is 12.8. The van der Waals surface area contributed by atoms with Crippen LogP contribution in [0.15, 0.2) is 83.8 Å². The topological polar surface area (TPSA) is 96.0 Å². The monoisotopic (exact) mass is 599 g/mol. The van der Waals surface area contributed by atoms with Gasteiger partial charge in [0.25, 0.3) is 10.0 Å². The van der Waals surface area contributed by atoms with Crippen molar-refractivity contribution in [3.63, 3.8) is 0 Å². The fourth-order valence-electron chi connectivity index (χ4n) is 4.31. The van der Waals surface area contributed by atoms with Gasteiger partial charge in [0.2, 0.25) is 11.8 Å². The Labute approximate surface area is 248 Å². The average Bonchev–Trinajstić information content (AvgIpc) is 2.92. The molecule has 0 unspecified atom stereocenters. The Hall–Kier alpha value is -3.56. The second-order valence-electron chi connectivity index (χ2n) is 10.5. The molecule has 8 nitrogen and oxygen atoms in total. The van der Waals surface area contributed by atoms with Crippen molar-refractivity contribution in [2.45, 2.75) is 64.1 Å². The van der Waals surface area contributed by atoms with Crippen LogP contribution in [0.5, 0.6) is 5.75 Å². The molecular weight excluding hydrogens is 562 g/mol. The first-order valence-electron chi connectivity index (χ1n) is 13.5. The zero-order valence-electron chi connectivity index (χ0n) is 24.1. The molecule has 0 radical (unpaired) electrons. The number of benzene rings is 3. The van der Waals surface area contributed by atoms with Gasteiger partial charge in [-0.3, -0.25) is 13.9 Å². The van der Waals surface area contributed by atoms with Gasteiger partial charge in [-0.25, -0.2) is 8.42 Å². The Bertz CT molecular complexity index is 1420. The smallest absolute Gasteiger partial charge is 0.264 e. The lowest BCUT2D eigenvalue weighted by Crippen LogP contribution is -2.55. The predicted molar refractivity (Wildman–Crippen MR) is 163 cm³/mol. The third kappa shape index (κ3) is 8.47. The molecule has 0 spiro atoms. The molecule has 3 aromatic carbocycles. The highest BCUT2D eigenvalue weighted by Gasteiger charge is 2.34. The van der Waals surface area contributed by atoms with E-state index in [1.54, 1.807) is 66.7 Å². The molecule has 0 aromatic heterocycles. The van der Waals surface area contributed by atoms with Gasteiger partial charge in [-0.2, -0.15) is 0 Å². The first kappa shape index (κ1) is 32.0. The molecule has 0 aliphatic rings. The van der Waals surface area contributed by atoms with Crippen molar-refractivity contribution in [3.05, 3.63) is 89.4 Å². The van der Waals surface area contributed by atoms with Crippen molar-refractivity contribution in [3.8, 4) is 5.75 Å². The number of rotatable bonds is 12. The van der Waals surface area contributed by atoms with E-state index in [0.29, 0.717) is 29.4 Å². The summed E-state index contributed by atoms with van der Waals surface area (Å²) in [6.45, 7) is 9.19. The minimum Gasteiger partial charge on any atom is -0.494 e. The molecule has 2 amide bonds. The first-order chi connectivity index (χ1) is 19.4. The number of halogens is 1. The van der Waals surface area contributed by atoms with E-state index in [1.165, 1.54) is 17.0 Å². The van der Waals surface area contributed by atoms with Gasteiger partial charge in [-0.05, 0) is 82.1 Å². The minimum absolute atomic E-state index is 0.0249. The highest BCUT2D eigenvalue weighted by Crippen LogP contribution is 2.27. The summed E-state index contributed by atoms with van der Waals surface area (Å²) >= 11 is 6.44. The SMILES string of the molecule is CCOc1ccc(N(CC(=O)N(Cc2ccccc2Cl)[C@@H](CC)C(=O)NC(C)(C)C)S(=O)(=O)c2ccccc2)cc1. The third-order valence-electron chi connectivity index (χ3n) is 6.23. The van der Waals surface area contributed by atoms with Crippen molar-refractivity contribution >= 4 is 39.1 Å². The lowest BCUT2D eigenvalue weighted by molar-refractivity contribution is -0.141. The Morgan fingerprint density at radius 3 is 2.10 bits per heavy atom. The maximum Gasteiger partial charge on any atom is 0.264 e. The summed E-state index contributed by atoms with van der Waals surface area (Å²) in [6.07, 6.45) is 0.312. The van der Waals surface area contributed by atoms with Crippen molar-refractivity contribution in [1.29, 1.82) is 0 Å². The van der Waals surface area contributed by atoms with Crippen LogP contribution in [0.2, 0.25) is 5.02 Å². The Balaban J connectivity index is 2.07. The molecular formula is C31H38ClN3O5S. The average molecular weight is 600 g/mol. The third-order valence-corrected chi connectivity index (χ3v) is 8.39. The van der Waals surface area contributed by atoms with Crippen LogP contribution in [0.1, 0.15) is 46.6 Å². The van der Waals surface area contributed by atoms with E-state index in [4.69, 9.17) is 16.3 Å². The number of nitrogens with zero attached hydrogens (tertiary/aromatic N) is 2. The Morgan fingerprint density at radius 1 is 0.927 bits per heavy atom. The number of anilines is 1. The van der Waals surface area contributed by atoms with Crippen LogP contribution in [0.3, 0.4) is 0 Å². The summed E-state index contributed by atoms with van der Waals surface area (Å²) in [4.78, 5) is 29.0.